The number of aromatic nitrogens is 3. The van der Waals surface area contributed by atoms with E-state index < -0.39 is 0 Å². The molecule has 0 radical (unpaired) electrons. The van der Waals surface area contributed by atoms with Crippen molar-refractivity contribution in [2.75, 3.05) is 20.8 Å². The Labute approximate surface area is 173 Å². The first kappa shape index (κ1) is 19.0. The molecule has 1 unspecified atom stereocenters. The van der Waals surface area contributed by atoms with E-state index in [2.05, 4.69) is 17.2 Å². The van der Waals surface area contributed by atoms with Gasteiger partial charge in [-0.05, 0) is 48.1 Å². The topological polar surface area (TPSA) is 45.6 Å². The molecule has 2 aromatic carbocycles. The van der Waals surface area contributed by atoms with Crippen molar-refractivity contribution < 1.29 is 14.4 Å². The number of nitrogens with zero attached hydrogens (tertiary/aromatic N) is 3. The van der Waals surface area contributed by atoms with Crippen LogP contribution in [-0.2, 0) is 19.6 Å². The molecule has 0 aliphatic carbocycles. The average Bonchev–Trinajstić information content (AvgIpc) is 3.07. The lowest BCUT2D eigenvalue weighted by Crippen LogP contribution is -3.11. The second-order valence-corrected chi connectivity index (χ2v) is 7.63. The highest BCUT2D eigenvalue weighted by atomic mass is 35.5. The van der Waals surface area contributed by atoms with Gasteiger partial charge in [0.2, 0.25) is 4.77 Å². The van der Waals surface area contributed by atoms with Gasteiger partial charge in [-0.25, -0.2) is 0 Å². The van der Waals surface area contributed by atoms with Gasteiger partial charge in [-0.1, -0.05) is 17.7 Å². The molecule has 1 aromatic heterocycles. The van der Waals surface area contributed by atoms with E-state index in [1.54, 1.807) is 20.5 Å². The first-order valence-corrected chi connectivity index (χ1v) is 9.85. The summed E-state index contributed by atoms with van der Waals surface area (Å²) in [6.07, 6.45) is 2.73. The molecule has 1 N–H and O–H groups in total. The zero-order chi connectivity index (χ0) is 19.7. The number of ether oxygens (including phenoxy) is 2. The summed E-state index contributed by atoms with van der Waals surface area (Å²) in [7, 11) is 3.34. The van der Waals surface area contributed by atoms with Gasteiger partial charge in [-0.15, -0.1) is 0 Å². The standard InChI is InChI=1S/C20H21ClN4O2S/c1-26-18-8-14-6-7-23(11-15(14)9-19(18)27-2)13-25-20(28)24(12-22-25)17-5-3-4-16(21)10-17/h3-5,8-10,12H,6-7,11,13H2,1-2H3/p+1. The van der Waals surface area contributed by atoms with Gasteiger partial charge < -0.3 is 14.4 Å². The zero-order valence-electron chi connectivity index (χ0n) is 15.8. The minimum Gasteiger partial charge on any atom is -0.493 e. The fourth-order valence-electron chi connectivity index (χ4n) is 3.63. The quantitative estimate of drug-likeness (QED) is 0.648. The Morgan fingerprint density at radius 2 is 1.89 bits per heavy atom. The summed E-state index contributed by atoms with van der Waals surface area (Å²) in [5.41, 5.74) is 3.51. The summed E-state index contributed by atoms with van der Waals surface area (Å²) in [4.78, 5) is 1.40. The zero-order valence-corrected chi connectivity index (χ0v) is 17.4. The molecule has 1 atom stereocenters. The van der Waals surface area contributed by atoms with Gasteiger partial charge in [0.1, 0.15) is 12.9 Å². The van der Waals surface area contributed by atoms with E-state index in [1.165, 1.54) is 16.0 Å². The number of methoxy groups -OCH3 is 2. The molecular formula is C20H22ClN4O2S+. The van der Waals surface area contributed by atoms with E-state index in [-0.39, 0.29) is 0 Å². The number of halogens is 1. The van der Waals surface area contributed by atoms with Gasteiger partial charge in [-0.3, -0.25) is 4.57 Å². The maximum Gasteiger partial charge on any atom is 0.207 e. The van der Waals surface area contributed by atoms with E-state index in [9.17, 15) is 0 Å². The Bertz CT molecular complexity index is 1060. The lowest BCUT2D eigenvalue weighted by Gasteiger charge is -2.26. The number of hydrogen-bond acceptors (Lipinski definition) is 4. The summed E-state index contributed by atoms with van der Waals surface area (Å²) in [5, 5.41) is 5.18. The molecule has 1 aliphatic heterocycles. The van der Waals surface area contributed by atoms with E-state index in [1.807, 2.05) is 33.5 Å². The number of quaternary nitrogens is 1. The van der Waals surface area contributed by atoms with E-state index >= 15 is 0 Å². The summed E-state index contributed by atoms with van der Waals surface area (Å²) in [6.45, 7) is 2.61. The third kappa shape index (κ3) is 3.65. The molecule has 0 spiro atoms. The normalized spacial score (nSPS) is 15.9. The smallest absolute Gasteiger partial charge is 0.207 e. The molecule has 2 heterocycles. The maximum atomic E-state index is 6.11. The number of hydrogen-bond donors (Lipinski definition) is 1. The van der Waals surface area contributed by atoms with Crippen molar-refractivity contribution in [3.05, 3.63) is 63.6 Å². The molecule has 0 amide bonds. The molecule has 146 valence electrons. The minimum absolute atomic E-state index is 0.660. The van der Waals surface area contributed by atoms with E-state index in [4.69, 9.17) is 33.3 Å². The predicted octanol–water partition coefficient (Wildman–Crippen LogP) is 2.67. The molecule has 0 saturated heterocycles. The molecular weight excluding hydrogens is 396 g/mol. The van der Waals surface area contributed by atoms with Crippen LogP contribution >= 0.6 is 23.8 Å². The largest absolute Gasteiger partial charge is 0.493 e. The van der Waals surface area contributed by atoms with Crippen LogP contribution in [0.5, 0.6) is 11.5 Å². The van der Waals surface area contributed by atoms with Crippen LogP contribution in [0.3, 0.4) is 0 Å². The Kier molecular flexibility index (Phi) is 5.39. The van der Waals surface area contributed by atoms with Crippen LogP contribution in [0.25, 0.3) is 5.69 Å². The van der Waals surface area contributed by atoms with Crippen molar-refractivity contribution in [3.8, 4) is 17.2 Å². The second kappa shape index (κ2) is 7.95. The molecule has 28 heavy (non-hydrogen) atoms. The lowest BCUT2D eigenvalue weighted by atomic mass is 9.99. The van der Waals surface area contributed by atoms with Crippen molar-refractivity contribution in [1.29, 1.82) is 0 Å². The highest BCUT2D eigenvalue weighted by molar-refractivity contribution is 7.71. The highest BCUT2D eigenvalue weighted by Gasteiger charge is 2.23. The van der Waals surface area contributed by atoms with Gasteiger partial charge in [0.05, 0.1) is 26.5 Å². The van der Waals surface area contributed by atoms with Gasteiger partial charge >= 0.3 is 0 Å². The Morgan fingerprint density at radius 1 is 1.14 bits per heavy atom. The first-order chi connectivity index (χ1) is 13.6. The van der Waals surface area contributed by atoms with Crippen molar-refractivity contribution >= 4 is 23.8 Å². The molecule has 0 saturated carbocycles. The monoisotopic (exact) mass is 417 g/mol. The molecule has 0 bridgehead atoms. The Balaban J connectivity index is 1.55. The molecule has 0 fully saturated rings. The van der Waals surface area contributed by atoms with E-state index in [0.717, 1.165) is 36.7 Å². The third-order valence-electron chi connectivity index (χ3n) is 5.09. The van der Waals surface area contributed by atoms with E-state index in [0.29, 0.717) is 16.5 Å². The predicted molar refractivity (Wildman–Crippen MR) is 110 cm³/mol. The van der Waals surface area contributed by atoms with Crippen molar-refractivity contribution in [2.45, 2.75) is 19.6 Å². The van der Waals surface area contributed by atoms with Crippen molar-refractivity contribution in [2.24, 2.45) is 0 Å². The average molecular weight is 418 g/mol. The van der Waals surface area contributed by atoms with Crippen LogP contribution < -0.4 is 14.4 Å². The van der Waals surface area contributed by atoms with Gasteiger partial charge in [-0.2, -0.15) is 9.78 Å². The Hall–Kier alpha value is -2.35. The fraction of sp³-hybridized carbons (Fsp3) is 0.300. The van der Waals surface area contributed by atoms with Crippen LogP contribution in [-0.4, -0.2) is 35.1 Å². The summed E-state index contributed by atoms with van der Waals surface area (Å²) in [5.74, 6) is 1.55. The molecule has 6 nitrogen and oxygen atoms in total. The number of benzene rings is 2. The number of rotatable bonds is 5. The van der Waals surface area contributed by atoms with Crippen LogP contribution in [0.2, 0.25) is 5.02 Å². The third-order valence-corrected chi connectivity index (χ3v) is 5.73. The fourth-order valence-corrected chi connectivity index (χ4v) is 4.07. The molecule has 3 aromatic rings. The van der Waals surface area contributed by atoms with Gasteiger partial charge in [0, 0.05) is 17.0 Å². The molecule has 8 heteroatoms. The first-order valence-electron chi connectivity index (χ1n) is 9.07. The van der Waals surface area contributed by atoms with Crippen molar-refractivity contribution in [1.82, 2.24) is 14.3 Å². The maximum absolute atomic E-state index is 6.11. The van der Waals surface area contributed by atoms with Crippen LogP contribution in [0.1, 0.15) is 11.1 Å². The molecule has 1 aliphatic rings. The van der Waals surface area contributed by atoms with Crippen LogP contribution in [0.4, 0.5) is 0 Å². The van der Waals surface area contributed by atoms with Crippen LogP contribution in [0, 0.1) is 4.77 Å². The summed E-state index contributed by atoms with van der Waals surface area (Å²) in [6, 6.07) is 11.8. The number of fused-ring (bicyclic) bond motifs is 1. The SMILES string of the molecule is COc1cc2c(cc1OC)C[NH+](Cn1ncn(-c3cccc(Cl)c3)c1=S)CC2. The van der Waals surface area contributed by atoms with Crippen molar-refractivity contribution in [3.63, 3.8) is 0 Å². The number of nitrogens with one attached hydrogen (secondary N) is 1. The van der Waals surface area contributed by atoms with Crippen LogP contribution in [0.15, 0.2) is 42.7 Å². The second-order valence-electron chi connectivity index (χ2n) is 6.82. The minimum atomic E-state index is 0.660. The summed E-state index contributed by atoms with van der Waals surface area (Å²) >= 11 is 11.7. The van der Waals surface area contributed by atoms with Gasteiger partial charge in [0.25, 0.3) is 0 Å². The Morgan fingerprint density at radius 3 is 2.61 bits per heavy atom. The highest BCUT2D eigenvalue weighted by Crippen LogP contribution is 2.31. The summed E-state index contributed by atoms with van der Waals surface area (Å²) < 4.78 is 15.3. The lowest BCUT2D eigenvalue weighted by molar-refractivity contribution is -0.939. The molecule has 4 rings (SSSR count). The van der Waals surface area contributed by atoms with Gasteiger partial charge in [0.15, 0.2) is 18.2 Å².